The summed E-state index contributed by atoms with van der Waals surface area (Å²) in [5.74, 6) is 1.14. The molecule has 7 nitrogen and oxygen atoms in total. The first-order chi connectivity index (χ1) is 13.4. The minimum absolute atomic E-state index is 0.0359. The van der Waals surface area contributed by atoms with Crippen LogP contribution in [0.15, 0.2) is 35.5 Å². The van der Waals surface area contributed by atoms with Gasteiger partial charge >= 0.3 is 0 Å². The van der Waals surface area contributed by atoms with Gasteiger partial charge in [0.25, 0.3) is 0 Å². The molecule has 0 atom stereocenters. The average molecular weight is 400 g/mol. The molecule has 0 saturated carbocycles. The summed E-state index contributed by atoms with van der Waals surface area (Å²) in [5.41, 5.74) is 2.54. The molecular weight excluding hydrogens is 374 g/mol. The summed E-state index contributed by atoms with van der Waals surface area (Å²) >= 11 is 1.36. The van der Waals surface area contributed by atoms with Gasteiger partial charge in [-0.3, -0.25) is 4.79 Å². The van der Waals surface area contributed by atoms with Crippen molar-refractivity contribution in [3.63, 3.8) is 0 Å². The van der Waals surface area contributed by atoms with E-state index in [-0.39, 0.29) is 23.6 Å². The van der Waals surface area contributed by atoms with E-state index in [2.05, 4.69) is 34.5 Å². The SMILES string of the molecule is COc1ccccc1-n1ncc2c(C(C)C)nnc(SCC(=O)NC(C)C)c21. The van der Waals surface area contributed by atoms with Crippen LogP contribution >= 0.6 is 11.8 Å². The van der Waals surface area contributed by atoms with E-state index in [1.807, 2.05) is 49.0 Å². The Morgan fingerprint density at radius 2 is 1.96 bits per heavy atom. The lowest BCUT2D eigenvalue weighted by Crippen LogP contribution is -2.31. The van der Waals surface area contributed by atoms with Crippen LogP contribution in [-0.2, 0) is 4.79 Å². The van der Waals surface area contributed by atoms with E-state index >= 15 is 0 Å². The highest BCUT2D eigenvalue weighted by atomic mass is 32.2. The maximum atomic E-state index is 12.1. The number of carbonyl (C=O) groups excluding carboxylic acids is 1. The zero-order chi connectivity index (χ0) is 20.3. The summed E-state index contributed by atoms with van der Waals surface area (Å²) in [4.78, 5) is 12.1. The number of thioether (sulfide) groups is 1. The molecule has 8 heteroatoms. The lowest BCUT2D eigenvalue weighted by molar-refractivity contribution is -0.119. The number of ether oxygens (including phenoxy) is 1. The summed E-state index contributed by atoms with van der Waals surface area (Å²) in [7, 11) is 1.63. The number of methoxy groups -OCH3 is 1. The highest BCUT2D eigenvalue weighted by Gasteiger charge is 2.20. The Morgan fingerprint density at radius 1 is 1.21 bits per heavy atom. The summed E-state index contributed by atoms with van der Waals surface area (Å²) in [5, 5.41) is 17.9. The molecule has 148 valence electrons. The predicted octanol–water partition coefficient (Wildman–Crippen LogP) is 3.56. The fourth-order valence-corrected chi connectivity index (χ4v) is 3.73. The number of rotatable bonds is 7. The maximum absolute atomic E-state index is 12.1. The van der Waals surface area contributed by atoms with Crippen molar-refractivity contribution >= 4 is 28.6 Å². The molecule has 1 aromatic carbocycles. The van der Waals surface area contributed by atoms with E-state index in [1.165, 1.54) is 11.8 Å². The number of hydrogen-bond acceptors (Lipinski definition) is 6. The Labute approximate surface area is 168 Å². The third-order valence-corrected chi connectivity index (χ3v) is 5.10. The van der Waals surface area contributed by atoms with Crippen LogP contribution in [-0.4, -0.2) is 44.8 Å². The second-order valence-electron chi connectivity index (χ2n) is 7.05. The van der Waals surface area contributed by atoms with E-state index < -0.39 is 0 Å². The molecule has 28 heavy (non-hydrogen) atoms. The minimum Gasteiger partial charge on any atom is -0.494 e. The Morgan fingerprint density at radius 3 is 2.64 bits per heavy atom. The van der Waals surface area contributed by atoms with E-state index in [0.717, 1.165) is 22.3 Å². The number of amides is 1. The van der Waals surface area contributed by atoms with Crippen molar-refractivity contribution in [2.75, 3.05) is 12.9 Å². The lowest BCUT2D eigenvalue weighted by Gasteiger charge is -2.13. The van der Waals surface area contributed by atoms with E-state index in [4.69, 9.17) is 4.74 Å². The highest BCUT2D eigenvalue weighted by Crippen LogP contribution is 2.33. The van der Waals surface area contributed by atoms with Crippen molar-refractivity contribution in [3.05, 3.63) is 36.2 Å². The van der Waals surface area contributed by atoms with Gasteiger partial charge in [-0.25, -0.2) is 4.68 Å². The average Bonchev–Trinajstić information content (AvgIpc) is 3.10. The molecule has 0 aliphatic carbocycles. The number of aromatic nitrogens is 4. The second kappa shape index (κ2) is 8.60. The third kappa shape index (κ3) is 4.11. The molecule has 1 amide bonds. The molecule has 0 fully saturated rings. The Hall–Kier alpha value is -2.61. The van der Waals surface area contributed by atoms with Gasteiger partial charge in [-0.2, -0.15) is 10.2 Å². The van der Waals surface area contributed by atoms with E-state index in [0.29, 0.717) is 10.8 Å². The van der Waals surface area contributed by atoms with Gasteiger partial charge in [0.2, 0.25) is 5.91 Å². The first-order valence-corrected chi connectivity index (χ1v) is 10.2. The number of nitrogens with one attached hydrogen (secondary N) is 1. The van der Waals surface area contributed by atoms with E-state index in [9.17, 15) is 4.79 Å². The summed E-state index contributed by atoms with van der Waals surface area (Å²) < 4.78 is 7.33. The van der Waals surface area contributed by atoms with Gasteiger partial charge in [0, 0.05) is 11.4 Å². The molecule has 0 spiro atoms. The van der Waals surface area contributed by atoms with Gasteiger partial charge in [0.1, 0.15) is 22.0 Å². The molecule has 0 radical (unpaired) electrons. The van der Waals surface area contributed by atoms with Crippen LogP contribution < -0.4 is 10.1 Å². The Kier molecular flexibility index (Phi) is 6.18. The first-order valence-electron chi connectivity index (χ1n) is 9.22. The first kappa shape index (κ1) is 20.1. The van der Waals surface area contributed by atoms with Crippen LogP contribution in [0.5, 0.6) is 5.75 Å². The van der Waals surface area contributed by atoms with Crippen molar-refractivity contribution < 1.29 is 9.53 Å². The van der Waals surface area contributed by atoms with Crippen molar-refractivity contribution in [3.8, 4) is 11.4 Å². The van der Waals surface area contributed by atoms with Crippen LogP contribution in [0.2, 0.25) is 0 Å². The molecule has 0 aliphatic rings. The molecule has 3 aromatic rings. The zero-order valence-electron chi connectivity index (χ0n) is 16.8. The van der Waals surface area contributed by atoms with Crippen LogP contribution in [0.1, 0.15) is 39.3 Å². The third-order valence-electron chi connectivity index (χ3n) is 4.15. The number of fused-ring (bicyclic) bond motifs is 1. The van der Waals surface area contributed by atoms with Crippen LogP contribution in [0.25, 0.3) is 16.6 Å². The van der Waals surface area contributed by atoms with Gasteiger partial charge < -0.3 is 10.1 Å². The second-order valence-corrected chi connectivity index (χ2v) is 8.01. The predicted molar refractivity (Wildman–Crippen MR) is 111 cm³/mol. The van der Waals surface area contributed by atoms with Crippen molar-refractivity contribution in [1.82, 2.24) is 25.3 Å². The smallest absolute Gasteiger partial charge is 0.230 e. The van der Waals surface area contributed by atoms with E-state index in [1.54, 1.807) is 7.11 Å². The Bertz CT molecular complexity index is 984. The molecule has 2 aromatic heterocycles. The maximum Gasteiger partial charge on any atom is 0.230 e. The number of benzene rings is 1. The van der Waals surface area contributed by atoms with Crippen molar-refractivity contribution in [1.29, 1.82) is 0 Å². The molecule has 3 rings (SSSR count). The molecule has 2 heterocycles. The summed E-state index contributed by atoms with van der Waals surface area (Å²) in [6, 6.07) is 7.79. The lowest BCUT2D eigenvalue weighted by atomic mass is 10.1. The highest BCUT2D eigenvalue weighted by molar-refractivity contribution is 8.00. The normalized spacial score (nSPS) is 11.4. The largest absolute Gasteiger partial charge is 0.494 e. The van der Waals surface area contributed by atoms with Gasteiger partial charge in [0.05, 0.1) is 24.8 Å². The molecule has 0 unspecified atom stereocenters. The van der Waals surface area contributed by atoms with Crippen LogP contribution in [0, 0.1) is 0 Å². The summed E-state index contributed by atoms with van der Waals surface area (Å²) in [6.45, 7) is 8.03. The van der Waals surface area contributed by atoms with Gasteiger partial charge in [0.15, 0.2) is 0 Å². The topological polar surface area (TPSA) is 81.9 Å². The van der Waals surface area contributed by atoms with Crippen molar-refractivity contribution in [2.45, 2.75) is 44.7 Å². The summed E-state index contributed by atoms with van der Waals surface area (Å²) in [6.07, 6.45) is 1.81. The number of carbonyl (C=O) groups is 1. The monoisotopic (exact) mass is 399 g/mol. The minimum atomic E-state index is -0.0359. The molecule has 1 N–H and O–H groups in total. The van der Waals surface area contributed by atoms with Gasteiger partial charge in [-0.1, -0.05) is 37.7 Å². The van der Waals surface area contributed by atoms with Crippen LogP contribution in [0.3, 0.4) is 0 Å². The number of nitrogens with zero attached hydrogens (tertiary/aromatic N) is 4. The fraction of sp³-hybridized carbons (Fsp3) is 0.400. The van der Waals surface area contributed by atoms with Gasteiger partial charge in [-0.05, 0) is 31.9 Å². The Balaban J connectivity index is 2.10. The number of para-hydroxylation sites is 2. The number of hydrogen-bond donors (Lipinski definition) is 1. The molecule has 0 bridgehead atoms. The molecular formula is C20H25N5O2S. The van der Waals surface area contributed by atoms with Crippen molar-refractivity contribution in [2.24, 2.45) is 0 Å². The van der Waals surface area contributed by atoms with Gasteiger partial charge in [-0.15, -0.1) is 5.10 Å². The molecule has 0 aliphatic heterocycles. The van der Waals surface area contributed by atoms with Crippen LogP contribution in [0.4, 0.5) is 0 Å². The molecule has 0 saturated heterocycles. The zero-order valence-corrected chi connectivity index (χ0v) is 17.6. The standard InChI is InChI=1S/C20H25N5O2S/c1-12(2)18-14-10-21-25(15-8-6-7-9-16(15)27-5)19(14)20(24-23-18)28-11-17(26)22-13(3)4/h6-10,12-13H,11H2,1-5H3,(H,22,26). The quantitative estimate of drug-likeness (QED) is 0.612. The fourth-order valence-electron chi connectivity index (χ4n) is 2.95.